The lowest BCUT2D eigenvalue weighted by molar-refractivity contribution is -0.0522. The highest BCUT2D eigenvalue weighted by Gasteiger charge is 2.30. The van der Waals surface area contributed by atoms with Gasteiger partial charge in [-0.2, -0.15) is 8.78 Å². The molecule has 1 saturated heterocycles. The van der Waals surface area contributed by atoms with Gasteiger partial charge in [0.1, 0.15) is 0 Å². The largest absolute Gasteiger partial charge is 0.432 e. The fraction of sp³-hybridized carbons (Fsp3) is 0.500. The van der Waals surface area contributed by atoms with Crippen molar-refractivity contribution in [2.75, 3.05) is 13.2 Å². The zero-order valence-electron chi connectivity index (χ0n) is 9.67. The van der Waals surface area contributed by atoms with Crippen LogP contribution >= 0.6 is 0 Å². The third kappa shape index (κ3) is 2.76. The Kier molecular flexibility index (Phi) is 3.77. The van der Waals surface area contributed by atoms with E-state index in [2.05, 4.69) is 4.74 Å². The molecule has 1 aromatic rings. The number of ether oxygens (including phenoxy) is 2. The van der Waals surface area contributed by atoms with Gasteiger partial charge in [0.2, 0.25) is 0 Å². The van der Waals surface area contributed by atoms with Gasteiger partial charge in [-0.25, -0.2) is 4.39 Å². The number of hydrogen-bond acceptors (Lipinski definition) is 3. The summed E-state index contributed by atoms with van der Waals surface area (Å²) in [6.07, 6.45) is 1.14. The van der Waals surface area contributed by atoms with E-state index in [0.29, 0.717) is 31.6 Å². The van der Waals surface area contributed by atoms with Gasteiger partial charge in [0, 0.05) is 18.8 Å². The summed E-state index contributed by atoms with van der Waals surface area (Å²) in [5, 5.41) is 0. The smallest absolute Gasteiger partial charge is 0.387 e. The zero-order chi connectivity index (χ0) is 13.2. The summed E-state index contributed by atoms with van der Waals surface area (Å²) in [5.74, 6) is -1.30. The number of benzene rings is 1. The first-order chi connectivity index (χ1) is 8.51. The van der Waals surface area contributed by atoms with Crippen molar-refractivity contribution < 1.29 is 22.6 Å². The summed E-state index contributed by atoms with van der Waals surface area (Å²) < 4.78 is 46.8. The molecule has 1 aromatic carbocycles. The zero-order valence-corrected chi connectivity index (χ0v) is 9.67. The van der Waals surface area contributed by atoms with Crippen molar-refractivity contribution in [3.8, 4) is 5.75 Å². The predicted octanol–water partition coefficient (Wildman–Crippen LogP) is 2.39. The van der Waals surface area contributed by atoms with Gasteiger partial charge in [-0.3, -0.25) is 0 Å². The second-order valence-electron chi connectivity index (χ2n) is 4.29. The molecule has 100 valence electrons. The minimum absolute atomic E-state index is 0.468. The van der Waals surface area contributed by atoms with Crippen LogP contribution in [-0.4, -0.2) is 19.8 Å². The first-order valence-corrected chi connectivity index (χ1v) is 5.63. The SMILES string of the molecule is NC1(c2ccc(OC(F)F)c(F)c2)CCOCC1. The first kappa shape index (κ1) is 13.2. The number of rotatable bonds is 3. The van der Waals surface area contributed by atoms with E-state index in [1.807, 2.05) is 0 Å². The highest BCUT2D eigenvalue weighted by molar-refractivity contribution is 5.33. The Morgan fingerprint density at radius 2 is 1.94 bits per heavy atom. The lowest BCUT2D eigenvalue weighted by Crippen LogP contribution is -2.42. The molecule has 0 radical (unpaired) electrons. The molecule has 0 spiro atoms. The molecule has 3 nitrogen and oxygen atoms in total. The van der Waals surface area contributed by atoms with Crippen LogP contribution in [0.4, 0.5) is 13.2 Å². The quantitative estimate of drug-likeness (QED) is 0.908. The summed E-state index contributed by atoms with van der Waals surface area (Å²) in [6, 6.07) is 3.86. The molecular weight excluding hydrogens is 247 g/mol. The van der Waals surface area contributed by atoms with E-state index in [1.165, 1.54) is 12.1 Å². The normalized spacial score (nSPS) is 18.9. The second kappa shape index (κ2) is 5.16. The highest BCUT2D eigenvalue weighted by atomic mass is 19.3. The van der Waals surface area contributed by atoms with Crippen LogP contribution in [0.5, 0.6) is 5.75 Å². The Balaban J connectivity index is 2.22. The average molecular weight is 261 g/mol. The van der Waals surface area contributed by atoms with Gasteiger partial charge >= 0.3 is 6.61 Å². The minimum Gasteiger partial charge on any atom is -0.432 e. The van der Waals surface area contributed by atoms with Crippen LogP contribution in [-0.2, 0) is 10.3 Å². The van der Waals surface area contributed by atoms with Crippen LogP contribution in [0.2, 0.25) is 0 Å². The standard InChI is InChI=1S/C12H14F3NO2/c13-9-7-8(1-2-10(9)18-11(14)15)12(16)3-5-17-6-4-12/h1-2,7,11H,3-6,16H2. The van der Waals surface area contributed by atoms with Crippen molar-refractivity contribution in [2.24, 2.45) is 5.73 Å². The van der Waals surface area contributed by atoms with E-state index >= 15 is 0 Å². The molecule has 0 amide bonds. The van der Waals surface area contributed by atoms with Gasteiger partial charge < -0.3 is 15.2 Å². The molecule has 2 N–H and O–H groups in total. The third-order valence-corrected chi connectivity index (χ3v) is 3.11. The maximum absolute atomic E-state index is 13.6. The minimum atomic E-state index is -3.04. The molecule has 0 atom stereocenters. The van der Waals surface area contributed by atoms with Crippen LogP contribution in [0.25, 0.3) is 0 Å². The van der Waals surface area contributed by atoms with Gasteiger partial charge in [-0.1, -0.05) is 6.07 Å². The number of hydrogen-bond donors (Lipinski definition) is 1. The van der Waals surface area contributed by atoms with Gasteiger partial charge in [0.15, 0.2) is 11.6 Å². The number of alkyl halides is 2. The van der Waals surface area contributed by atoms with Crippen LogP contribution in [0.3, 0.4) is 0 Å². The number of halogens is 3. The van der Waals surface area contributed by atoms with Gasteiger partial charge in [-0.05, 0) is 30.5 Å². The van der Waals surface area contributed by atoms with E-state index < -0.39 is 23.7 Å². The molecule has 0 aromatic heterocycles. The predicted molar refractivity (Wildman–Crippen MR) is 59.0 cm³/mol. The molecule has 1 heterocycles. The monoisotopic (exact) mass is 261 g/mol. The Morgan fingerprint density at radius 1 is 1.28 bits per heavy atom. The van der Waals surface area contributed by atoms with E-state index in [0.717, 1.165) is 6.07 Å². The fourth-order valence-corrected chi connectivity index (χ4v) is 2.03. The van der Waals surface area contributed by atoms with Gasteiger partial charge in [0.05, 0.1) is 0 Å². The summed E-state index contributed by atoms with van der Waals surface area (Å²) in [7, 11) is 0. The molecule has 0 aliphatic carbocycles. The molecule has 18 heavy (non-hydrogen) atoms. The summed E-state index contributed by atoms with van der Waals surface area (Å²) >= 11 is 0. The molecule has 6 heteroatoms. The molecule has 1 aliphatic rings. The summed E-state index contributed by atoms with van der Waals surface area (Å²) in [5.41, 5.74) is 6.07. The average Bonchev–Trinajstić information content (AvgIpc) is 2.32. The van der Waals surface area contributed by atoms with Crippen molar-refractivity contribution in [2.45, 2.75) is 25.0 Å². The van der Waals surface area contributed by atoms with E-state index in [4.69, 9.17) is 10.5 Å². The van der Waals surface area contributed by atoms with E-state index in [9.17, 15) is 13.2 Å². The lowest BCUT2D eigenvalue weighted by Gasteiger charge is -2.34. The Labute approximate surface area is 103 Å². The van der Waals surface area contributed by atoms with Crippen LogP contribution in [0.15, 0.2) is 18.2 Å². The van der Waals surface area contributed by atoms with Gasteiger partial charge in [-0.15, -0.1) is 0 Å². The van der Waals surface area contributed by atoms with Crippen molar-refractivity contribution in [3.63, 3.8) is 0 Å². The lowest BCUT2D eigenvalue weighted by atomic mass is 9.84. The van der Waals surface area contributed by atoms with Crippen molar-refractivity contribution in [1.82, 2.24) is 0 Å². The van der Waals surface area contributed by atoms with Crippen LogP contribution in [0.1, 0.15) is 18.4 Å². The number of nitrogens with two attached hydrogens (primary N) is 1. The Hall–Kier alpha value is -1.27. The van der Waals surface area contributed by atoms with Crippen molar-refractivity contribution in [3.05, 3.63) is 29.6 Å². The molecule has 1 fully saturated rings. The molecular formula is C12H14F3NO2. The molecule has 1 aliphatic heterocycles. The second-order valence-corrected chi connectivity index (χ2v) is 4.29. The topological polar surface area (TPSA) is 44.5 Å². The van der Waals surface area contributed by atoms with Crippen LogP contribution in [0, 0.1) is 5.82 Å². The van der Waals surface area contributed by atoms with Crippen LogP contribution < -0.4 is 10.5 Å². The van der Waals surface area contributed by atoms with E-state index in [1.54, 1.807) is 0 Å². The highest BCUT2D eigenvalue weighted by Crippen LogP contribution is 2.32. The maximum Gasteiger partial charge on any atom is 0.387 e. The third-order valence-electron chi connectivity index (χ3n) is 3.11. The fourth-order valence-electron chi connectivity index (χ4n) is 2.03. The Morgan fingerprint density at radius 3 is 2.50 bits per heavy atom. The van der Waals surface area contributed by atoms with E-state index in [-0.39, 0.29) is 0 Å². The molecule has 2 rings (SSSR count). The summed E-state index contributed by atoms with van der Waals surface area (Å²) in [4.78, 5) is 0. The van der Waals surface area contributed by atoms with Crippen molar-refractivity contribution >= 4 is 0 Å². The van der Waals surface area contributed by atoms with Gasteiger partial charge in [0.25, 0.3) is 0 Å². The first-order valence-electron chi connectivity index (χ1n) is 5.63. The molecule has 0 bridgehead atoms. The molecule has 0 saturated carbocycles. The maximum atomic E-state index is 13.6. The summed E-state index contributed by atoms with van der Waals surface area (Å²) in [6.45, 7) is -2.03. The molecule has 0 unspecified atom stereocenters. The Bertz CT molecular complexity index is 420. The van der Waals surface area contributed by atoms with Crippen molar-refractivity contribution in [1.29, 1.82) is 0 Å².